The first-order chi connectivity index (χ1) is 20.3. The van der Waals surface area contributed by atoms with Crippen molar-refractivity contribution < 1.29 is 19.2 Å². The first-order valence-electron chi connectivity index (χ1n) is 14.4. The molecular formula is C31H36N6O4S. The van der Waals surface area contributed by atoms with Gasteiger partial charge in [0.25, 0.3) is 0 Å². The van der Waals surface area contributed by atoms with Gasteiger partial charge in [0.15, 0.2) is 5.01 Å². The van der Waals surface area contributed by atoms with Gasteiger partial charge in [0.1, 0.15) is 12.1 Å². The fraction of sp³-hybridized carbons (Fsp3) is 0.419. The highest BCUT2D eigenvalue weighted by Gasteiger charge is 2.49. The summed E-state index contributed by atoms with van der Waals surface area (Å²) in [4.78, 5) is 64.6. The van der Waals surface area contributed by atoms with Gasteiger partial charge in [-0.2, -0.15) is 0 Å². The maximum atomic E-state index is 13.4. The molecule has 3 aromatic rings. The van der Waals surface area contributed by atoms with Crippen molar-refractivity contribution in [1.82, 2.24) is 20.1 Å². The van der Waals surface area contributed by atoms with Crippen LogP contribution in [0.15, 0.2) is 59.0 Å². The highest BCUT2D eigenvalue weighted by molar-refractivity contribution is 7.11. The maximum absolute atomic E-state index is 13.4. The average molecular weight is 589 g/mol. The van der Waals surface area contributed by atoms with Crippen molar-refractivity contribution in [2.24, 2.45) is 10.7 Å². The number of aryl methyl sites for hydroxylation is 1. The summed E-state index contributed by atoms with van der Waals surface area (Å²) in [5, 5.41) is 7.26. The van der Waals surface area contributed by atoms with Gasteiger partial charge in [-0.15, -0.1) is 11.3 Å². The van der Waals surface area contributed by atoms with Crippen LogP contribution in [0.5, 0.6) is 0 Å². The molecule has 10 nitrogen and oxygen atoms in total. The van der Waals surface area contributed by atoms with Crippen molar-refractivity contribution in [2.75, 3.05) is 19.6 Å². The summed E-state index contributed by atoms with van der Waals surface area (Å²) in [6.07, 6.45) is 4.76. The number of hydrogen-bond acceptors (Lipinski definition) is 7. The Labute approximate surface area is 249 Å². The van der Waals surface area contributed by atoms with Crippen LogP contribution in [-0.2, 0) is 20.8 Å². The van der Waals surface area contributed by atoms with Crippen LogP contribution in [0.1, 0.15) is 54.4 Å². The maximum Gasteiger partial charge on any atom is 0.245 e. The number of carbonyl (C=O) groups excluding carboxylic acids is 4. The third-order valence-corrected chi connectivity index (χ3v) is 8.73. The molecule has 0 unspecified atom stereocenters. The molecule has 2 aliphatic heterocycles. The van der Waals surface area contributed by atoms with E-state index in [1.165, 1.54) is 32.6 Å². The zero-order valence-corrected chi connectivity index (χ0v) is 24.5. The highest BCUT2D eigenvalue weighted by Crippen LogP contribution is 2.30. The largest absolute Gasteiger partial charge is 0.388 e. The second kappa shape index (κ2) is 13.2. The molecule has 0 bridgehead atoms. The van der Waals surface area contributed by atoms with Crippen LogP contribution in [0.4, 0.5) is 0 Å². The summed E-state index contributed by atoms with van der Waals surface area (Å²) in [7, 11) is 0. The number of fused-ring (bicyclic) bond motifs is 2. The number of carbonyl (C=O) groups is 4. The fourth-order valence-corrected chi connectivity index (χ4v) is 6.56. The Bertz CT molecular complexity index is 1480. The van der Waals surface area contributed by atoms with Gasteiger partial charge in [-0.1, -0.05) is 42.5 Å². The van der Waals surface area contributed by atoms with Crippen LogP contribution in [-0.4, -0.2) is 81.9 Å². The van der Waals surface area contributed by atoms with E-state index in [-0.39, 0.29) is 24.1 Å². The van der Waals surface area contributed by atoms with Gasteiger partial charge in [0.2, 0.25) is 23.5 Å². The standard InChI is InChI=1S/C31H36N6O4S/c1-20(32)33-15-5-12-24(28(39)30-34-16-18-42-30)35-29(40)25-13-14-26-31(41)36(19-27(38)37(25)26)17-6-10-22-9-4-8-21-7-2-3-11-23(21)22/h2-4,7-9,11,16,18,24-26H,5-6,10,12-15,17,19H2,1H3,(H2,32,33)(H,35,40)/t24-,25-,26-/m0/s1. The number of hydrogen-bond donors (Lipinski definition) is 2. The molecule has 2 aromatic carbocycles. The van der Waals surface area contributed by atoms with Gasteiger partial charge < -0.3 is 20.9 Å². The molecule has 5 rings (SSSR count). The molecule has 3 N–H and O–H groups in total. The molecule has 11 heteroatoms. The zero-order valence-electron chi connectivity index (χ0n) is 23.7. The van der Waals surface area contributed by atoms with E-state index in [2.05, 4.69) is 39.6 Å². The molecule has 3 amide bonds. The monoisotopic (exact) mass is 588 g/mol. The molecule has 2 saturated heterocycles. The SMILES string of the molecule is CC(N)=NCCC[C@H](NC(=O)[C@@H]1CC[C@H]2C(=O)N(CCCc3cccc4ccccc34)CC(=O)N12)C(=O)c1nccs1. The number of nitrogens with zero attached hydrogens (tertiary/aromatic N) is 4. The van der Waals surface area contributed by atoms with E-state index in [1.54, 1.807) is 23.4 Å². The van der Waals surface area contributed by atoms with Crippen molar-refractivity contribution >= 4 is 51.4 Å². The van der Waals surface area contributed by atoms with Crippen molar-refractivity contribution in [2.45, 2.75) is 63.6 Å². The van der Waals surface area contributed by atoms with E-state index in [1.807, 2.05) is 18.2 Å². The number of nitrogens with one attached hydrogen (secondary N) is 1. The van der Waals surface area contributed by atoms with Crippen LogP contribution >= 0.6 is 11.3 Å². The fourth-order valence-electron chi connectivity index (χ4n) is 5.93. The van der Waals surface area contributed by atoms with Crippen LogP contribution in [0.3, 0.4) is 0 Å². The molecule has 42 heavy (non-hydrogen) atoms. The normalized spacial score (nSPS) is 19.7. The smallest absolute Gasteiger partial charge is 0.245 e. The molecule has 2 fully saturated rings. The molecule has 0 saturated carbocycles. The van der Waals surface area contributed by atoms with Gasteiger partial charge in [-0.05, 0) is 61.8 Å². The number of thiazole rings is 1. The predicted molar refractivity (Wildman–Crippen MR) is 162 cm³/mol. The van der Waals surface area contributed by atoms with E-state index in [9.17, 15) is 19.2 Å². The lowest BCUT2D eigenvalue weighted by Crippen LogP contribution is -2.62. The molecule has 0 aliphatic carbocycles. The summed E-state index contributed by atoms with van der Waals surface area (Å²) in [5.41, 5.74) is 6.83. The topological polar surface area (TPSA) is 138 Å². The van der Waals surface area contributed by atoms with Crippen molar-refractivity contribution in [3.05, 3.63) is 64.6 Å². The second-order valence-electron chi connectivity index (χ2n) is 10.8. The summed E-state index contributed by atoms with van der Waals surface area (Å²) in [6, 6.07) is 12.2. The molecule has 3 atom stereocenters. The Balaban J connectivity index is 1.20. The van der Waals surface area contributed by atoms with Gasteiger partial charge in [-0.25, -0.2) is 4.98 Å². The summed E-state index contributed by atoms with van der Waals surface area (Å²) < 4.78 is 0. The Morgan fingerprint density at radius 2 is 1.95 bits per heavy atom. The number of aliphatic imine (C=N–C) groups is 1. The number of benzene rings is 2. The lowest BCUT2D eigenvalue weighted by molar-refractivity contribution is -0.157. The number of aromatic nitrogens is 1. The first-order valence-corrected chi connectivity index (χ1v) is 15.3. The number of ketones is 1. The Kier molecular flexibility index (Phi) is 9.26. The zero-order chi connectivity index (χ0) is 29.6. The minimum atomic E-state index is -0.808. The number of Topliss-reactive ketones (excluding diaryl/α,β-unsaturated/α-hetero) is 1. The van der Waals surface area contributed by atoms with E-state index in [0.29, 0.717) is 49.6 Å². The molecule has 3 heterocycles. The number of nitrogens with two attached hydrogens (primary N) is 1. The van der Waals surface area contributed by atoms with Gasteiger partial charge in [-0.3, -0.25) is 24.2 Å². The van der Waals surface area contributed by atoms with Gasteiger partial charge in [0.05, 0.1) is 18.4 Å². The van der Waals surface area contributed by atoms with Gasteiger partial charge in [0, 0.05) is 24.7 Å². The predicted octanol–water partition coefficient (Wildman–Crippen LogP) is 2.96. The van der Waals surface area contributed by atoms with Crippen LogP contribution < -0.4 is 11.1 Å². The van der Waals surface area contributed by atoms with Crippen LogP contribution in [0.25, 0.3) is 10.8 Å². The molecular weight excluding hydrogens is 552 g/mol. The molecule has 0 spiro atoms. The summed E-state index contributed by atoms with van der Waals surface area (Å²) in [5.74, 6) is -0.600. The third kappa shape index (κ3) is 6.51. The van der Waals surface area contributed by atoms with Crippen LogP contribution in [0, 0.1) is 0 Å². The number of piperazine rings is 1. The molecule has 0 radical (unpaired) electrons. The Morgan fingerprint density at radius 1 is 1.14 bits per heavy atom. The minimum absolute atomic E-state index is 0.0490. The number of amidine groups is 1. The van der Waals surface area contributed by atoms with Crippen molar-refractivity contribution in [1.29, 1.82) is 0 Å². The molecule has 220 valence electrons. The number of amides is 3. The summed E-state index contributed by atoms with van der Waals surface area (Å²) in [6.45, 7) is 2.55. The van der Waals surface area contributed by atoms with Crippen LogP contribution in [0.2, 0.25) is 0 Å². The Morgan fingerprint density at radius 3 is 2.74 bits per heavy atom. The second-order valence-corrected chi connectivity index (χ2v) is 11.7. The lowest BCUT2D eigenvalue weighted by Gasteiger charge is -2.38. The number of rotatable bonds is 12. The van der Waals surface area contributed by atoms with E-state index in [4.69, 9.17) is 5.73 Å². The molecule has 2 aliphatic rings. The van der Waals surface area contributed by atoms with Gasteiger partial charge >= 0.3 is 0 Å². The first kappa shape index (κ1) is 29.4. The highest BCUT2D eigenvalue weighted by atomic mass is 32.1. The van der Waals surface area contributed by atoms with E-state index < -0.39 is 24.0 Å². The Hall–Kier alpha value is -4.12. The molecule has 1 aromatic heterocycles. The summed E-state index contributed by atoms with van der Waals surface area (Å²) >= 11 is 1.21. The van der Waals surface area contributed by atoms with E-state index in [0.717, 1.165) is 12.8 Å². The third-order valence-electron chi connectivity index (χ3n) is 7.94. The lowest BCUT2D eigenvalue weighted by atomic mass is 10.0. The van der Waals surface area contributed by atoms with Crippen molar-refractivity contribution in [3.63, 3.8) is 0 Å². The van der Waals surface area contributed by atoms with Crippen molar-refractivity contribution in [3.8, 4) is 0 Å². The quantitative estimate of drug-likeness (QED) is 0.144. The van der Waals surface area contributed by atoms with E-state index >= 15 is 0 Å². The average Bonchev–Trinajstić information content (AvgIpc) is 3.68. The minimum Gasteiger partial charge on any atom is -0.388 e.